The van der Waals surface area contributed by atoms with Crippen molar-refractivity contribution in [2.45, 2.75) is 6.04 Å². The van der Waals surface area contributed by atoms with Gasteiger partial charge in [-0.3, -0.25) is 4.90 Å². The van der Waals surface area contributed by atoms with Crippen LogP contribution in [0.1, 0.15) is 17.2 Å². The molecule has 0 saturated carbocycles. The van der Waals surface area contributed by atoms with Crippen LogP contribution >= 0.6 is 0 Å². The molecule has 0 amide bonds. The zero-order valence-electron chi connectivity index (χ0n) is 11.5. The van der Waals surface area contributed by atoms with Crippen LogP contribution in [-0.2, 0) is 4.74 Å². The van der Waals surface area contributed by atoms with Crippen molar-refractivity contribution < 1.29 is 4.74 Å². The molecule has 4 rings (SSSR count). The van der Waals surface area contributed by atoms with Crippen LogP contribution in [0.2, 0.25) is 0 Å². The Kier molecular flexibility index (Phi) is 2.86. The van der Waals surface area contributed by atoms with Crippen molar-refractivity contribution in [3.8, 4) is 0 Å². The van der Waals surface area contributed by atoms with Crippen molar-refractivity contribution in [1.29, 1.82) is 0 Å². The second-order valence-electron chi connectivity index (χ2n) is 6.12. The molecule has 102 valence electrons. The van der Waals surface area contributed by atoms with Crippen LogP contribution < -0.4 is 0 Å². The van der Waals surface area contributed by atoms with Gasteiger partial charge in [0, 0.05) is 18.5 Å². The lowest BCUT2D eigenvalue weighted by molar-refractivity contribution is -0.195. The molecule has 1 spiro atoms. The molecule has 2 fully saturated rings. The molecule has 2 saturated heterocycles. The quantitative estimate of drug-likeness (QED) is 0.845. The second kappa shape index (κ2) is 4.72. The zero-order valence-corrected chi connectivity index (χ0v) is 11.5. The average molecular weight is 265 g/mol. The van der Waals surface area contributed by atoms with Crippen LogP contribution in [0.25, 0.3) is 0 Å². The highest BCUT2D eigenvalue weighted by atomic mass is 16.5. The van der Waals surface area contributed by atoms with Crippen LogP contribution in [0, 0.1) is 5.41 Å². The van der Waals surface area contributed by atoms with Crippen molar-refractivity contribution in [2.24, 2.45) is 5.41 Å². The second-order valence-corrected chi connectivity index (χ2v) is 6.12. The van der Waals surface area contributed by atoms with Crippen LogP contribution in [0.5, 0.6) is 0 Å². The molecule has 0 unspecified atom stereocenters. The van der Waals surface area contributed by atoms with Gasteiger partial charge in [0.1, 0.15) is 0 Å². The lowest BCUT2D eigenvalue weighted by Crippen LogP contribution is -2.66. The SMILES string of the molecule is c1ccc(C(c2ccccc2)N2CC3(COC3)C2)cc1. The van der Waals surface area contributed by atoms with Crippen molar-refractivity contribution >= 4 is 0 Å². The number of rotatable bonds is 3. The Morgan fingerprint density at radius 2 is 1.30 bits per heavy atom. The van der Waals surface area contributed by atoms with Gasteiger partial charge in [-0.2, -0.15) is 0 Å². The van der Waals surface area contributed by atoms with E-state index in [9.17, 15) is 0 Å². The molecule has 2 aliphatic rings. The number of hydrogen-bond acceptors (Lipinski definition) is 2. The minimum atomic E-state index is 0.378. The van der Waals surface area contributed by atoms with E-state index in [-0.39, 0.29) is 0 Å². The summed E-state index contributed by atoms with van der Waals surface area (Å²) in [5.41, 5.74) is 3.23. The molecule has 2 heteroatoms. The fourth-order valence-electron chi connectivity index (χ4n) is 3.46. The van der Waals surface area contributed by atoms with Gasteiger partial charge in [-0.15, -0.1) is 0 Å². The molecule has 0 bridgehead atoms. The molecule has 2 nitrogen and oxygen atoms in total. The topological polar surface area (TPSA) is 12.5 Å². The molecule has 2 aromatic carbocycles. The highest BCUT2D eigenvalue weighted by Crippen LogP contribution is 2.43. The molecule has 0 aromatic heterocycles. The fraction of sp³-hybridized carbons (Fsp3) is 0.333. The summed E-state index contributed by atoms with van der Waals surface area (Å²) in [5, 5.41) is 0. The Bertz CT molecular complexity index is 529. The van der Waals surface area contributed by atoms with E-state index in [4.69, 9.17) is 4.74 Å². The number of likely N-dealkylation sites (tertiary alicyclic amines) is 1. The summed E-state index contributed by atoms with van der Waals surface area (Å²) < 4.78 is 5.39. The maximum Gasteiger partial charge on any atom is 0.0602 e. The van der Waals surface area contributed by atoms with Gasteiger partial charge in [0.2, 0.25) is 0 Å². The predicted octanol–water partition coefficient (Wildman–Crippen LogP) is 3.11. The summed E-state index contributed by atoms with van der Waals surface area (Å²) >= 11 is 0. The zero-order chi connectivity index (χ0) is 13.4. The molecule has 2 aromatic rings. The number of ether oxygens (including phenoxy) is 1. The summed E-state index contributed by atoms with van der Waals surface area (Å²) in [6.07, 6.45) is 0. The molecular weight excluding hydrogens is 246 g/mol. The highest BCUT2D eigenvalue weighted by Gasteiger charge is 2.51. The average Bonchev–Trinajstić information content (AvgIpc) is 2.42. The van der Waals surface area contributed by atoms with Gasteiger partial charge in [-0.05, 0) is 11.1 Å². The van der Waals surface area contributed by atoms with Crippen LogP contribution in [-0.4, -0.2) is 31.2 Å². The summed E-state index contributed by atoms with van der Waals surface area (Å²) in [6.45, 7) is 4.20. The van der Waals surface area contributed by atoms with Crippen molar-refractivity contribution in [3.63, 3.8) is 0 Å². The Morgan fingerprint density at radius 3 is 1.70 bits per heavy atom. The van der Waals surface area contributed by atoms with E-state index in [1.165, 1.54) is 11.1 Å². The summed E-state index contributed by atoms with van der Waals surface area (Å²) in [4.78, 5) is 2.58. The number of nitrogens with zero attached hydrogens (tertiary/aromatic N) is 1. The normalized spacial score (nSPS) is 20.6. The van der Waals surface area contributed by atoms with Gasteiger partial charge in [0.05, 0.1) is 19.3 Å². The van der Waals surface area contributed by atoms with E-state index >= 15 is 0 Å². The van der Waals surface area contributed by atoms with E-state index in [0.717, 1.165) is 26.3 Å². The van der Waals surface area contributed by atoms with Gasteiger partial charge in [0.15, 0.2) is 0 Å². The maximum absolute atomic E-state index is 5.39. The highest BCUT2D eigenvalue weighted by molar-refractivity contribution is 5.33. The van der Waals surface area contributed by atoms with Crippen molar-refractivity contribution in [1.82, 2.24) is 4.90 Å². The Morgan fingerprint density at radius 1 is 0.800 bits per heavy atom. The third-order valence-electron chi connectivity index (χ3n) is 4.49. The summed E-state index contributed by atoms with van der Waals surface area (Å²) in [5.74, 6) is 0. The number of hydrogen-bond donors (Lipinski definition) is 0. The van der Waals surface area contributed by atoms with E-state index in [1.54, 1.807) is 0 Å². The van der Waals surface area contributed by atoms with Gasteiger partial charge in [-0.25, -0.2) is 0 Å². The van der Waals surface area contributed by atoms with E-state index in [2.05, 4.69) is 65.6 Å². The molecule has 20 heavy (non-hydrogen) atoms. The standard InChI is InChI=1S/C18H19NO/c1-3-7-15(8-4-1)17(16-9-5-2-6-10-16)19-11-18(12-19)13-20-14-18/h1-10,17H,11-14H2. The third-order valence-corrected chi connectivity index (χ3v) is 4.49. The molecule has 0 radical (unpaired) electrons. The Labute approximate surface area is 120 Å². The van der Waals surface area contributed by atoms with E-state index in [0.29, 0.717) is 11.5 Å². The lowest BCUT2D eigenvalue weighted by Gasteiger charge is -2.57. The predicted molar refractivity (Wildman–Crippen MR) is 79.6 cm³/mol. The van der Waals surface area contributed by atoms with Crippen LogP contribution in [0.15, 0.2) is 60.7 Å². The van der Waals surface area contributed by atoms with E-state index in [1.807, 2.05) is 0 Å². The van der Waals surface area contributed by atoms with E-state index < -0.39 is 0 Å². The van der Waals surface area contributed by atoms with Crippen LogP contribution in [0.3, 0.4) is 0 Å². The maximum atomic E-state index is 5.39. The minimum absolute atomic E-state index is 0.378. The first kappa shape index (κ1) is 12.1. The molecule has 0 atom stereocenters. The largest absolute Gasteiger partial charge is 0.380 e. The molecular formula is C18H19NO. The monoisotopic (exact) mass is 265 g/mol. The molecule has 2 heterocycles. The van der Waals surface area contributed by atoms with Crippen molar-refractivity contribution in [2.75, 3.05) is 26.3 Å². The van der Waals surface area contributed by atoms with Gasteiger partial charge in [-0.1, -0.05) is 60.7 Å². The third kappa shape index (κ3) is 1.96. The van der Waals surface area contributed by atoms with Gasteiger partial charge < -0.3 is 4.74 Å². The summed E-state index contributed by atoms with van der Waals surface area (Å²) in [6, 6.07) is 22.0. The first-order valence-corrected chi connectivity index (χ1v) is 7.28. The molecule has 2 aliphatic heterocycles. The van der Waals surface area contributed by atoms with Gasteiger partial charge >= 0.3 is 0 Å². The minimum Gasteiger partial charge on any atom is -0.380 e. The molecule has 0 N–H and O–H groups in total. The summed E-state index contributed by atoms with van der Waals surface area (Å²) in [7, 11) is 0. The number of benzene rings is 2. The first-order chi connectivity index (χ1) is 9.86. The van der Waals surface area contributed by atoms with Gasteiger partial charge in [0.25, 0.3) is 0 Å². The smallest absolute Gasteiger partial charge is 0.0602 e. The molecule has 0 aliphatic carbocycles. The fourth-order valence-corrected chi connectivity index (χ4v) is 3.46. The first-order valence-electron chi connectivity index (χ1n) is 7.28. The Hall–Kier alpha value is -1.64. The Balaban J connectivity index is 1.64. The lowest BCUT2D eigenvalue weighted by atomic mass is 9.76. The van der Waals surface area contributed by atoms with Crippen molar-refractivity contribution in [3.05, 3.63) is 71.8 Å². The van der Waals surface area contributed by atoms with Crippen LogP contribution in [0.4, 0.5) is 0 Å².